The van der Waals surface area contributed by atoms with Crippen molar-refractivity contribution < 1.29 is 14.3 Å². The molecule has 0 bridgehead atoms. The number of carbonyl (C=O) groups is 2. The van der Waals surface area contributed by atoms with Crippen LogP contribution in [0.3, 0.4) is 0 Å². The van der Waals surface area contributed by atoms with Crippen LogP contribution in [-0.4, -0.2) is 62.1 Å². The average molecular weight is 271 g/mol. The van der Waals surface area contributed by atoms with Gasteiger partial charge in [0, 0.05) is 38.5 Å². The molecule has 1 heterocycles. The zero-order valence-corrected chi connectivity index (χ0v) is 11.9. The second kappa shape index (κ2) is 8.87. The Hall–Kier alpha value is -1.14. The minimum atomic E-state index is -0.0636. The van der Waals surface area contributed by atoms with Crippen molar-refractivity contribution in [1.29, 1.82) is 0 Å². The standard InChI is InChI=1S/C13H25N3O3/c1-3-14-11(2)10-15-12(17)4-5-13(18)16-6-8-19-9-7-16/h11,14H,3-10H2,1-2H3,(H,15,17)/t11-/m1/s1. The number of ether oxygens (including phenoxy) is 1. The summed E-state index contributed by atoms with van der Waals surface area (Å²) in [6, 6.07) is 0.254. The van der Waals surface area contributed by atoms with Crippen LogP contribution < -0.4 is 10.6 Å². The Morgan fingerprint density at radius 1 is 1.26 bits per heavy atom. The Kier molecular flexibility index (Phi) is 7.43. The maximum Gasteiger partial charge on any atom is 0.223 e. The smallest absolute Gasteiger partial charge is 0.223 e. The lowest BCUT2D eigenvalue weighted by atomic mass is 10.2. The van der Waals surface area contributed by atoms with E-state index < -0.39 is 0 Å². The molecule has 1 fully saturated rings. The predicted octanol–water partition coefficient (Wildman–Crippen LogP) is -0.260. The SMILES string of the molecule is CCN[C@H](C)CNC(=O)CCC(=O)N1CCOCC1. The van der Waals surface area contributed by atoms with E-state index in [9.17, 15) is 9.59 Å². The normalized spacial score (nSPS) is 17.1. The highest BCUT2D eigenvalue weighted by molar-refractivity contribution is 5.83. The zero-order chi connectivity index (χ0) is 14.1. The van der Waals surface area contributed by atoms with E-state index in [1.165, 1.54) is 0 Å². The van der Waals surface area contributed by atoms with Gasteiger partial charge in [0.25, 0.3) is 0 Å². The fraction of sp³-hybridized carbons (Fsp3) is 0.846. The Morgan fingerprint density at radius 2 is 1.95 bits per heavy atom. The first-order chi connectivity index (χ1) is 9.13. The first kappa shape index (κ1) is 15.9. The van der Waals surface area contributed by atoms with Crippen LogP contribution in [0.1, 0.15) is 26.7 Å². The van der Waals surface area contributed by atoms with Crippen LogP contribution in [-0.2, 0) is 14.3 Å². The van der Waals surface area contributed by atoms with Crippen LogP contribution >= 0.6 is 0 Å². The van der Waals surface area contributed by atoms with Gasteiger partial charge in [-0.2, -0.15) is 0 Å². The number of hydrogen-bond donors (Lipinski definition) is 2. The van der Waals surface area contributed by atoms with Gasteiger partial charge >= 0.3 is 0 Å². The third kappa shape index (κ3) is 6.54. The number of nitrogens with zero attached hydrogens (tertiary/aromatic N) is 1. The summed E-state index contributed by atoms with van der Waals surface area (Å²) in [5, 5.41) is 6.04. The molecule has 0 radical (unpaired) electrons. The minimum Gasteiger partial charge on any atom is -0.378 e. The van der Waals surface area contributed by atoms with Crippen LogP contribution in [0.5, 0.6) is 0 Å². The van der Waals surface area contributed by atoms with Gasteiger partial charge in [-0.15, -0.1) is 0 Å². The molecular weight excluding hydrogens is 246 g/mol. The summed E-state index contributed by atoms with van der Waals surface area (Å²) in [6.45, 7) is 7.99. The molecule has 6 heteroatoms. The van der Waals surface area contributed by atoms with Gasteiger partial charge in [-0.05, 0) is 13.5 Å². The van der Waals surface area contributed by atoms with Crippen LogP contribution in [0.25, 0.3) is 0 Å². The second-order valence-electron chi connectivity index (χ2n) is 4.76. The summed E-state index contributed by atoms with van der Waals surface area (Å²) in [5.41, 5.74) is 0. The molecule has 0 aromatic rings. The molecule has 1 rings (SSSR count). The number of carbonyl (C=O) groups excluding carboxylic acids is 2. The highest BCUT2D eigenvalue weighted by Gasteiger charge is 2.17. The molecule has 2 amide bonds. The van der Waals surface area contributed by atoms with Crippen molar-refractivity contribution in [2.45, 2.75) is 32.7 Å². The molecule has 1 aliphatic heterocycles. The van der Waals surface area contributed by atoms with E-state index in [0.717, 1.165) is 6.54 Å². The second-order valence-corrected chi connectivity index (χ2v) is 4.76. The molecular formula is C13H25N3O3. The molecule has 1 aliphatic rings. The van der Waals surface area contributed by atoms with E-state index in [-0.39, 0.29) is 30.7 Å². The van der Waals surface area contributed by atoms with Gasteiger partial charge in [0.05, 0.1) is 13.2 Å². The zero-order valence-electron chi connectivity index (χ0n) is 11.9. The molecule has 0 aliphatic carbocycles. The summed E-state index contributed by atoms with van der Waals surface area (Å²) in [5.74, 6) is -0.0236. The molecule has 1 saturated heterocycles. The first-order valence-electron chi connectivity index (χ1n) is 6.99. The Labute approximate surface area is 114 Å². The molecule has 0 spiro atoms. The summed E-state index contributed by atoms with van der Waals surface area (Å²) in [6.07, 6.45) is 0.538. The monoisotopic (exact) mass is 271 g/mol. The fourth-order valence-corrected chi connectivity index (χ4v) is 1.97. The Morgan fingerprint density at radius 3 is 2.58 bits per heavy atom. The number of likely N-dealkylation sites (N-methyl/N-ethyl adjacent to an activating group) is 1. The van der Waals surface area contributed by atoms with Gasteiger partial charge in [-0.3, -0.25) is 9.59 Å². The predicted molar refractivity (Wildman–Crippen MR) is 72.8 cm³/mol. The van der Waals surface area contributed by atoms with Gasteiger partial charge in [-0.25, -0.2) is 0 Å². The van der Waals surface area contributed by atoms with E-state index in [2.05, 4.69) is 10.6 Å². The summed E-state index contributed by atoms with van der Waals surface area (Å²) < 4.78 is 5.18. The Balaban J connectivity index is 2.13. The Bertz CT molecular complexity index is 291. The lowest BCUT2D eigenvalue weighted by molar-refractivity contribution is -0.137. The molecule has 2 N–H and O–H groups in total. The highest BCUT2D eigenvalue weighted by Crippen LogP contribution is 2.02. The number of amides is 2. The van der Waals surface area contributed by atoms with Crippen molar-refractivity contribution in [3.8, 4) is 0 Å². The van der Waals surface area contributed by atoms with Crippen molar-refractivity contribution >= 4 is 11.8 Å². The van der Waals surface area contributed by atoms with Crippen LogP contribution in [0.4, 0.5) is 0 Å². The highest BCUT2D eigenvalue weighted by atomic mass is 16.5. The lowest BCUT2D eigenvalue weighted by Gasteiger charge is -2.26. The van der Waals surface area contributed by atoms with Crippen molar-refractivity contribution in [2.24, 2.45) is 0 Å². The van der Waals surface area contributed by atoms with Crippen molar-refractivity contribution in [3.05, 3.63) is 0 Å². The molecule has 0 unspecified atom stereocenters. The third-order valence-corrected chi connectivity index (χ3v) is 3.09. The van der Waals surface area contributed by atoms with Gasteiger partial charge in [0.15, 0.2) is 0 Å². The first-order valence-corrected chi connectivity index (χ1v) is 6.99. The molecule has 110 valence electrons. The number of hydrogen-bond acceptors (Lipinski definition) is 4. The van der Waals surface area contributed by atoms with Crippen LogP contribution in [0.15, 0.2) is 0 Å². The van der Waals surface area contributed by atoms with E-state index in [4.69, 9.17) is 4.74 Å². The van der Waals surface area contributed by atoms with Crippen LogP contribution in [0, 0.1) is 0 Å². The topological polar surface area (TPSA) is 70.7 Å². The molecule has 19 heavy (non-hydrogen) atoms. The maximum absolute atomic E-state index is 11.8. The largest absolute Gasteiger partial charge is 0.378 e. The summed E-state index contributed by atoms with van der Waals surface area (Å²) in [4.78, 5) is 25.2. The minimum absolute atomic E-state index is 0.0400. The third-order valence-electron chi connectivity index (χ3n) is 3.09. The fourth-order valence-electron chi connectivity index (χ4n) is 1.97. The van der Waals surface area contributed by atoms with Gasteiger partial charge in [-0.1, -0.05) is 6.92 Å². The summed E-state index contributed by atoms with van der Waals surface area (Å²) in [7, 11) is 0. The van der Waals surface area contributed by atoms with Crippen molar-refractivity contribution in [3.63, 3.8) is 0 Å². The summed E-state index contributed by atoms with van der Waals surface area (Å²) >= 11 is 0. The van der Waals surface area contributed by atoms with Gasteiger partial charge < -0.3 is 20.3 Å². The van der Waals surface area contributed by atoms with E-state index in [0.29, 0.717) is 32.8 Å². The molecule has 0 aromatic heterocycles. The van der Waals surface area contributed by atoms with E-state index in [1.807, 2.05) is 13.8 Å². The molecule has 0 saturated carbocycles. The number of morpholine rings is 1. The van der Waals surface area contributed by atoms with E-state index >= 15 is 0 Å². The van der Waals surface area contributed by atoms with Gasteiger partial charge in [0.2, 0.25) is 11.8 Å². The van der Waals surface area contributed by atoms with Crippen LogP contribution in [0.2, 0.25) is 0 Å². The average Bonchev–Trinajstić information content (AvgIpc) is 2.44. The van der Waals surface area contributed by atoms with Crippen molar-refractivity contribution in [1.82, 2.24) is 15.5 Å². The number of rotatable bonds is 7. The van der Waals surface area contributed by atoms with Gasteiger partial charge in [0.1, 0.15) is 0 Å². The maximum atomic E-state index is 11.8. The quantitative estimate of drug-likeness (QED) is 0.669. The molecule has 1 atom stereocenters. The number of nitrogens with one attached hydrogen (secondary N) is 2. The lowest BCUT2D eigenvalue weighted by Crippen LogP contribution is -2.42. The van der Waals surface area contributed by atoms with Crippen molar-refractivity contribution in [2.75, 3.05) is 39.4 Å². The molecule has 6 nitrogen and oxygen atoms in total. The van der Waals surface area contributed by atoms with E-state index in [1.54, 1.807) is 4.90 Å². The molecule has 0 aromatic carbocycles.